The molecule has 0 heterocycles. The average molecular weight is 357 g/mol. The number of benzene rings is 2. The monoisotopic (exact) mass is 357 g/mol. The summed E-state index contributed by atoms with van der Waals surface area (Å²) in [5.41, 5.74) is 2.49. The Kier molecular flexibility index (Phi) is 6.86. The van der Waals surface area contributed by atoms with E-state index >= 15 is 0 Å². The number of hydrogen-bond acceptors (Lipinski definition) is 3. The van der Waals surface area contributed by atoms with Crippen LogP contribution in [0.5, 0.6) is 0 Å². The highest BCUT2D eigenvalue weighted by molar-refractivity contribution is 5.91. The van der Waals surface area contributed by atoms with Crippen molar-refractivity contribution in [2.75, 3.05) is 26.0 Å². The molecule has 0 bridgehead atoms. The molecule has 0 radical (unpaired) electrons. The van der Waals surface area contributed by atoms with Crippen molar-refractivity contribution in [1.29, 1.82) is 0 Å². The summed E-state index contributed by atoms with van der Waals surface area (Å²) >= 11 is 0. The Labute approximate surface area is 153 Å². The number of rotatable bonds is 7. The van der Waals surface area contributed by atoms with E-state index < -0.39 is 6.04 Å². The number of anilines is 1. The van der Waals surface area contributed by atoms with Crippen molar-refractivity contribution >= 4 is 17.5 Å². The first kappa shape index (κ1) is 19.6. The summed E-state index contributed by atoms with van der Waals surface area (Å²) < 4.78 is 13.1. The number of hydrogen-bond donors (Lipinski definition) is 2. The molecule has 1 unspecified atom stereocenters. The van der Waals surface area contributed by atoms with E-state index in [1.807, 2.05) is 31.2 Å². The Morgan fingerprint density at radius 2 is 1.81 bits per heavy atom. The molecule has 0 aliphatic carbocycles. The van der Waals surface area contributed by atoms with Crippen LogP contribution in [-0.2, 0) is 9.59 Å². The molecule has 0 saturated carbocycles. The van der Waals surface area contributed by atoms with E-state index in [4.69, 9.17) is 0 Å². The number of nitrogens with zero attached hydrogens (tertiary/aromatic N) is 1. The number of halogens is 1. The number of aryl methyl sites for hydroxylation is 1. The van der Waals surface area contributed by atoms with Crippen LogP contribution in [0.25, 0.3) is 0 Å². The SMILES string of the molecule is Cc1cccc(NC(=O)CCNC(=O)C(c2ccc(F)cc2)N(C)C)c1. The van der Waals surface area contributed by atoms with Gasteiger partial charge in [0.2, 0.25) is 11.8 Å². The van der Waals surface area contributed by atoms with Gasteiger partial charge in [-0.05, 0) is 56.4 Å². The lowest BCUT2D eigenvalue weighted by Crippen LogP contribution is -2.38. The van der Waals surface area contributed by atoms with Gasteiger partial charge in [0.05, 0.1) is 0 Å². The first-order valence-corrected chi connectivity index (χ1v) is 8.43. The van der Waals surface area contributed by atoms with E-state index in [0.717, 1.165) is 11.3 Å². The quantitative estimate of drug-likeness (QED) is 0.801. The molecule has 2 rings (SSSR count). The van der Waals surface area contributed by atoms with Crippen LogP contribution in [0.1, 0.15) is 23.6 Å². The van der Waals surface area contributed by atoms with Gasteiger partial charge in [0.15, 0.2) is 0 Å². The molecule has 6 heteroatoms. The van der Waals surface area contributed by atoms with Gasteiger partial charge in [-0.15, -0.1) is 0 Å². The van der Waals surface area contributed by atoms with Gasteiger partial charge in [0.1, 0.15) is 11.9 Å². The van der Waals surface area contributed by atoms with Crippen LogP contribution < -0.4 is 10.6 Å². The second-order valence-corrected chi connectivity index (χ2v) is 6.38. The van der Waals surface area contributed by atoms with Crippen LogP contribution in [0.15, 0.2) is 48.5 Å². The molecule has 26 heavy (non-hydrogen) atoms. The van der Waals surface area contributed by atoms with E-state index in [-0.39, 0.29) is 30.6 Å². The standard InChI is InChI=1S/C20H24FN3O2/c1-14-5-4-6-17(13-14)23-18(25)11-12-22-20(26)19(24(2)3)15-7-9-16(21)10-8-15/h4-10,13,19H,11-12H2,1-3H3,(H,22,26)(H,23,25). The minimum absolute atomic E-state index is 0.168. The molecule has 0 aliphatic rings. The van der Waals surface area contributed by atoms with E-state index in [1.54, 1.807) is 31.1 Å². The van der Waals surface area contributed by atoms with Crippen molar-refractivity contribution in [3.63, 3.8) is 0 Å². The van der Waals surface area contributed by atoms with Gasteiger partial charge in [-0.25, -0.2) is 4.39 Å². The minimum atomic E-state index is -0.546. The fourth-order valence-electron chi connectivity index (χ4n) is 2.67. The zero-order valence-electron chi connectivity index (χ0n) is 15.3. The van der Waals surface area contributed by atoms with Gasteiger partial charge in [-0.3, -0.25) is 14.5 Å². The molecule has 0 aromatic heterocycles. The van der Waals surface area contributed by atoms with Crippen LogP contribution in [0.2, 0.25) is 0 Å². The fraction of sp³-hybridized carbons (Fsp3) is 0.300. The van der Waals surface area contributed by atoms with Gasteiger partial charge in [-0.1, -0.05) is 24.3 Å². The molecule has 2 aromatic carbocycles. The molecular weight excluding hydrogens is 333 g/mol. The topological polar surface area (TPSA) is 61.4 Å². The summed E-state index contributed by atoms with van der Waals surface area (Å²) in [5.74, 6) is -0.747. The van der Waals surface area contributed by atoms with Gasteiger partial charge < -0.3 is 10.6 Å². The highest BCUT2D eigenvalue weighted by Gasteiger charge is 2.22. The first-order valence-electron chi connectivity index (χ1n) is 8.43. The maximum absolute atomic E-state index is 13.1. The van der Waals surface area contributed by atoms with Gasteiger partial charge >= 0.3 is 0 Å². The third-order valence-electron chi connectivity index (χ3n) is 3.90. The largest absolute Gasteiger partial charge is 0.354 e. The van der Waals surface area contributed by atoms with Crippen molar-refractivity contribution in [1.82, 2.24) is 10.2 Å². The second-order valence-electron chi connectivity index (χ2n) is 6.38. The predicted molar refractivity (Wildman–Crippen MR) is 100 cm³/mol. The molecule has 2 N–H and O–H groups in total. The fourth-order valence-corrected chi connectivity index (χ4v) is 2.67. The Hall–Kier alpha value is -2.73. The molecule has 2 aromatic rings. The van der Waals surface area contributed by atoms with Crippen LogP contribution >= 0.6 is 0 Å². The number of nitrogens with one attached hydrogen (secondary N) is 2. The van der Waals surface area contributed by atoms with Crippen LogP contribution in [-0.4, -0.2) is 37.4 Å². The van der Waals surface area contributed by atoms with Gasteiger partial charge in [-0.2, -0.15) is 0 Å². The first-order chi connectivity index (χ1) is 12.4. The normalized spacial score (nSPS) is 11.9. The van der Waals surface area contributed by atoms with E-state index in [1.165, 1.54) is 12.1 Å². The minimum Gasteiger partial charge on any atom is -0.354 e. The molecule has 138 valence electrons. The summed E-state index contributed by atoms with van der Waals surface area (Å²) in [4.78, 5) is 26.2. The maximum Gasteiger partial charge on any atom is 0.241 e. The molecule has 0 fully saturated rings. The summed E-state index contributed by atoms with van der Waals surface area (Å²) in [6.45, 7) is 2.18. The van der Waals surface area contributed by atoms with Crippen LogP contribution in [0.4, 0.5) is 10.1 Å². The molecular formula is C20H24FN3O2. The molecule has 2 amide bonds. The Morgan fingerprint density at radius 3 is 2.42 bits per heavy atom. The van der Waals surface area contributed by atoms with E-state index in [9.17, 15) is 14.0 Å². The van der Waals surface area contributed by atoms with Crippen molar-refractivity contribution in [2.24, 2.45) is 0 Å². The van der Waals surface area contributed by atoms with Crippen LogP contribution in [0, 0.1) is 12.7 Å². The summed E-state index contributed by atoms with van der Waals surface area (Å²) in [7, 11) is 3.55. The lowest BCUT2D eigenvalue weighted by atomic mass is 10.1. The zero-order chi connectivity index (χ0) is 19.1. The molecule has 0 spiro atoms. The number of likely N-dealkylation sites (N-methyl/N-ethyl adjacent to an activating group) is 1. The lowest BCUT2D eigenvalue weighted by Gasteiger charge is -2.23. The maximum atomic E-state index is 13.1. The number of carbonyl (C=O) groups excluding carboxylic acids is 2. The predicted octanol–water partition coefficient (Wildman–Crippen LogP) is 2.88. The second kappa shape index (κ2) is 9.10. The smallest absolute Gasteiger partial charge is 0.241 e. The zero-order valence-corrected chi connectivity index (χ0v) is 15.3. The van der Waals surface area contributed by atoms with Crippen molar-refractivity contribution in [3.8, 4) is 0 Å². The Bertz CT molecular complexity index is 760. The van der Waals surface area contributed by atoms with Gasteiger partial charge in [0.25, 0.3) is 0 Å². The molecule has 5 nitrogen and oxygen atoms in total. The Balaban J connectivity index is 1.87. The van der Waals surface area contributed by atoms with E-state index in [2.05, 4.69) is 10.6 Å². The van der Waals surface area contributed by atoms with Crippen LogP contribution in [0.3, 0.4) is 0 Å². The third-order valence-corrected chi connectivity index (χ3v) is 3.90. The number of carbonyl (C=O) groups is 2. The highest BCUT2D eigenvalue weighted by Crippen LogP contribution is 2.18. The van der Waals surface area contributed by atoms with Gasteiger partial charge in [0, 0.05) is 18.7 Å². The molecule has 0 saturated heterocycles. The summed E-state index contributed by atoms with van der Waals surface area (Å²) in [6.07, 6.45) is 0.170. The molecule has 1 atom stereocenters. The van der Waals surface area contributed by atoms with Crippen molar-refractivity contribution in [2.45, 2.75) is 19.4 Å². The van der Waals surface area contributed by atoms with Crippen molar-refractivity contribution < 1.29 is 14.0 Å². The lowest BCUT2D eigenvalue weighted by molar-refractivity contribution is -0.125. The summed E-state index contributed by atoms with van der Waals surface area (Å²) in [5, 5.41) is 5.57. The third kappa shape index (κ3) is 5.67. The average Bonchev–Trinajstić information content (AvgIpc) is 2.56. The van der Waals surface area contributed by atoms with E-state index in [0.29, 0.717) is 5.56 Å². The highest BCUT2D eigenvalue weighted by atomic mass is 19.1. The number of amides is 2. The Morgan fingerprint density at radius 1 is 1.12 bits per heavy atom. The van der Waals surface area contributed by atoms with Crippen molar-refractivity contribution in [3.05, 3.63) is 65.5 Å². The molecule has 0 aliphatic heterocycles. The summed E-state index contributed by atoms with van der Waals surface area (Å²) in [6, 6.07) is 12.8.